The van der Waals surface area contributed by atoms with Gasteiger partial charge in [-0.2, -0.15) is 0 Å². The molecule has 1 aromatic carbocycles. The predicted molar refractivity (Wildman–Crippen MR) is 66.7 cm³/mol. The summed E-state index contributed by atoms with van der Waals surface area (Å²) in [6.45, 7) is 4.20. The van der Waals surface area contributed by atoms with Crippen LogP contribution in [-0.4, -0.2) is 30.8 Å². The van der Waals surface area contributed by atoms with E-state index in [2.05, 4.69) is 4.90 Å². The summed E-state index contributed by atoms with van der Waals surface area (Å²) in [7, 11) is 0. The van der Waals surface area contributed by atoms with Gasteiger partial charge in [0.25, 0.3) is 0 Å². The Kier molecular flexibility index (Phi) is 3.12. The maximum absolute atomic E-state index is 14.5. The van der Waals surface area contributed by atoms with Crippen LogP contribution in [0.2, 0.25) is 0 Å². The Labute approximate surface area is 106 Å². The van der Waals surface area contributed by atoms with Crippen LogP contribution >= 0.6 is 0 Å². The quantitative estimate of drug-likeness (QED) is 0.824. The number of halogens is 1. The first-order chi connectivity index (χ1) is 8.75. The molecule has 2 heterocycles. The van der Waals surface area contributed by atoms with E-state index in [0.717, 1.165) is 13.1 Å². The summed E-state index contributed by atoms with van der Waals surface area (Å²) >= 11 is 0. The van der Waals surface area contributed by atoms with Crippen molar-refractivity contribution in [2.75, 3.05) is 19.9 Å². The zero-order valence-corrected chi connectivity index (χ0v) is 10.6. The summed E-state index contributed by atoms with van der Waals surface area (Å²) in [5.41, 5.74) is 0.679. The molecule has 0 N–H and O–H groups in total. The van der Waals surface area contributed by atoms with Crippen molar-refractivity contribution in [3.05, 3.63) is 23.8 Å². The molecule has 2 aliphatic rings. The van der Waals surface area contributed by atoms with Crippen LogP contribution in [0.1, 0.15) is 31.5 Å². The van der Waals surface area contributed by atoms with Gasteiger partial charge in [0, 0.05) is 6.04 Å². The molecule has 0 aromatic heterocycles. The minimum atomic E-state index is -0.974. The molecule has 18 heavy (non-hydrogen) atoms. The number of likely N-dealkylation sites (tertiary alicyclic amines) is 1. The maximum Gasteiger partial charge on any atom is 0.231 e. The normalized spacial score (nSPS) is 22.1. The summed E-state index contributed by atoms with van der Waals surface area (Å²) in [4.78, 5) is 2.22. The van der Waals surface area contributed by atoms with Crippen LogP contribution in [0.15, 0.2) is 18.2 Å². The Morgan fingerprint density at radius 2 is 1.89 bits per heavy atom. The molecule has 2 atom stereocenters. The smallest absolute Gasteiger partial charge is 0.231 e. The van der Waals surface area contributed by atoms with Gasteiger partial charge in [-0.1, -0.05) is 6.07 Å². The zero-order valence-electron chi connectivity index (χ0n) is 10.6. The van der Waals surface area contributed by atoms with Crippen molar-refractivity contribution < 1.29 is 13.9 Å². The highest BCUT2D eigenvalue weighted by Gasteiger charge is 2.28. The molecule has 0 bridgehead atoms. The van der Waals surface area contributed by atoms with Crippen molar-refractivity contribution in [1.82, 2.24) is 4.90 Å². The molecule has 3 rings (SSSR count). The lowest BCUT2D eigenvalue weighted by atomic mass is 10.0. The van der Waals surface area contributed by atoms with Crippen LogP contribution in [0, 0.1) is 0 Å². The molecule has 0 aliphatic carbocycles. The Bertz CT molecular complexity index is 432. The summed E-state index contributed by atoms with van der Waals surface area (Å²) in [6, 6.07) is 5.28. The third-order valence-electron chi connectivity index (χ3n) is 3.86. The van der Waals surface area contributed by atoms with Crippen molar-refractivity contribution in [3.63, 3.8) is 0 Å². The maximum atomic E-state index is 14.5. The average Bonchev–Trinajstić information content (AvgIpc) is 3.06. The summed E-state index contributed by atoms with van der Waals surface area (Å²) in [5.74, 6) is 1.36. The van der Waals surface area contributed by atoms with Gasteiger partial charge < -0.3 is 9.47 Å². The Hall–Kier alpha value is -1.29. The lowest BCUT2D eigenvalue weighted by Crippen LogP contribution is -2.33. The number of alkyl halides is 1. The minimum Gasteiger partial charge on any atom is -0.454 e. The van der Waals surface area contributed by atoms with E-state index in [-0.39, 0.29) is 12.8 Å². The fraction of sp³-hybridized carbons (Fsp3) is 0.571. The number of nitrogens with zero attached hydrogens (tertiary/aromatic N) is 1. The minimum absolute atomic E-state index is 0.0760. The van der Waals surface area contributed by atoms with Crippen molar-refractivity contribution >= 4 is 0 Å². The highest BCUT2D eigenvalue weighted by atomic mass is 19.1. The van der Waals surface area contributed by atoms with Crippen LogP contribution in [0.3, 0.4) is 0 Å². The third kappa shape index (κ3) is 2.05. The van der Waals surface area contributed by atoms with Gasteiger partial charge in [-0.15, -0.1) is 0 Å². The van der Waals surface area contributed by atoms with Gasteiger partial charge in [0.15, 0.2) is 11.5 Å². The molecule has 1 aromatic rings. The number of ether oxygens (including phenoxy) is 2. The lowest BCUT2D eigenvalue weighted by Gasteiger charge is -2.27. The molecule has 0 spiro atoms. The molecule has 0 amide bonds. The molecule has 3 nitrogen and oxygen atoms in total. The highest BCUT2D eigenvalue weighted by molar-refractivity contribution is 5.45. The van der Waals surface area contributed by atoms with Crippen molar-refractivity contribution in [2.24, 2.45) is 0 Å². The van der Waals surface area contributed by atoms with Crippen molar-refractivity contribution in [1.29, 1.82) is 0 Å². The molecular weight excluding hydrogens is 233 g/mol. The molecular formula is C14H18FNO2. The van der Waals surface area contributed by atoms with Crippen molar-refractivity contribution in [3.8, 4) is 11.5 Å². The third-order valence-corrected chi connectivity index (χ3v) is 3.86. The lowest BCUT2D eigenvalue weighted by molar-refractivity contribution is 0.147. The van der Waals surface area contributed by atoms with Gasteiger partial charge in [-0.05, 0) is 50.6 Å². The molecule has 1 saturated heterocycles. The predicted octanol–water partition coefficient (Wildman–Crippen LogP) is 2.91. The van der Waals surface area contributed by atoms with Gasteiger partial charge in [0.1, 0.15) is 6.17 Å². The summed E-state index contributed by atoms with van der Waals surface area (Å²) in [5, 5.41) is 0. The van der Waals surface area contributed by atoms with Crippen LogP contribution in [0.5, 0.6) is 11.5 Å². The second-order valence-electron chi connectivity index (χ2n) is 5.00. The Morgan fingerprint density at radius 3 is 2.67 bits per heavy atom. The fourth-order valence-corrected chi connectivity index (χ4v) is 2.70. The SMILES string of the molecule is C[C@H]([C@@H](F)c1ccc2c(c1)OCO2)N1CCCC1. The van der Waals surface area contributed by atoms with Gasteiger partial charge in [-0.3, -0.25) is 4.90 Å². The van der Waals surface area contributed by atoms with E-state index >= 15 is 0 Å². The number of hydrogen-bond donors (Lipinski definition) is 0. The molecule has 4 heteroatoms. The highest BCUT2D eigenvalue weighted by Crippen LogP contribution is 2.36. The van der Waals surface area contributed by atoms with Gasteiger partial charge in [0.05, 0.1) is 0 Å². The second-order valence-corrected chi connectivity index (χ2v) is 5.00. The van der Waals surface area contributed by atoms with Crippen LogP contribution < -0.4 is 9.47 Å². The van der Waals surface area contributed by atoms with E-state index < -0.39 is 6.17 Å². The Morgan fingerprint density at radius 1 is 1.17 bits per heavy atom. The first-order valence-electron chi connectivity index (χ1n) is 6.53. The Balaban J connectivity index is 1.77. The van der Waals surface area contributed by atoms with E-state index in [4.69, 9.17) is 9.47 Å². The van der Waals surface area contributed by atoms with E-state index in [9.17, 15) is 4.39 Å². The molecule has 0 saturated carbocycles. The first-order valence-corrected chi connectivity index (χ1v) is 6.53. The fourth-order valence-electron chi connectivity index (χ4n) is 2.70. The van der Waals surface area contributed by atoms with Crippen molar-refractivity contribution in [2.45, 2.75) is 32.0 Å². The molecule has 0 radical (unpaired) electrons. The monoisotopic (exact) mass is 251 g/mol. The molecule has 98 valence electrons. The summed E-state index contributed by atoms with van der Waals surface area (Å²) in [6.07, 6.45) is 1.38. The van der Waals surface area contributed by atoms with Crippen LogP contribution in [0.4, 0.5) is 4.39 Å². The summed E-state index contributed by atoms with van der Waals surface area (Å²) < 4.78 is 25.0. The number of hydrogen-bond acceptors (Lipinski definition) is 3. The topological polar surface area (TPSA) is 21.7 Å². The van der Waals surface area contributed by atoms with Gasteiger partial charge >= 0.3 is 0 Å². The number of rotatable bonds is 3. The van der Waals surface area contributed by atoms with E-state index in [0.29, 0.717) is 17.1 Å². The van der Waals surface area contributed by atoms with Crippen LogP contribution in [-0.2, 0) is 0 Å². The standard InChI is InChI=1S/C14H18FNO2/c1-10(16-6-2-3-7-16)14(15)11-4-5-12-13(8-11)18-9-17-12/h4-5,8,10,14H,2-3,6-7,9H2,1H3/t10-,14-/m1/s1. The number of fused-ring (bicyclic) bond motifs is 1. The molecule has 2 aliphatic heterocycles. The first kappa shape index (κ1) is 11.8. The van der Waals surface area contributed by atoms with Gasteiger partial charge in [-0.25, -0.2) is 4.39 Å². The second kappa shape index (κ2) is 4.76. The molecule has 0 unspecified atom stereocenters. The number of benzene rings is 1. The average molecular weight is 251 g/mol. The van der Waals surface area contributed by atoms with Crippen LogP contribution in [0.25, 0.3) is 0 Å². The zero-order chi connectivity index (χ0) is 12.5. The largest absolute Gasteiger partial charge is 0.454 e. The van der Waals surface area contributed by atoms with Gasteiger partial charge in [0.2, 0.25) is 6.79 Å². The van der Waals surface area contributed by atoms with E-state index in [1.165, 1.54) is 12.8 Å². The van der Waals surface area contributed by atoms with E-state index in [1.54, 1.807) is 18.2 Å². The van der Waals surface area contributed by atoms with E-state index in [1.807, 2.05) is 6.92 Å². The molecule has 1 fully saturated rings.